The number of rotatable bonds is 4. The second-order valence-corrected chi connectivity index (χ2v) is 6.87. The number of benzene rings is 1. The molecule has 0 bridgehead atoms. The summed E-state index contributed by atoms with van der Waals surface area (Å²) in [5, 5.41) is 2.01. The van der Waals surface area contributed by atoms with Gasteiger partial charge in [-0.05, 0) is 48.2 Å². The third kappa shape index (κ3) is 3.11. The molecule has 3 aromatic heterocycles. The number of thiophene rings is 1. The molecule has 0 N–H and O–H groups in total. The molecule has 0 fully saturated rings. The molecule has 0 aliphatic heterocycles. The van der Waals surface area contributed by atoms with Crippen LogP contribution < -0.4 is 4.74 Å². The van der Waals surface area contributed by atoms with Gasteiger partial charge in [0.2, 0.25) is 0 Å². The first-order valence-electron chi connectivity index (χ1n) is 8.38. The summed E-state index contributed by atoms with van der Waals surface area (Å²) in [7, 11) is 1.68. The summed E-state index contributed by atoms with van der Waals surface area (Å²) >= 11 is 1.63. The monoisotopic (exact) mass is 358 g/mol. The molecule has 3 nitrogen and oxygen atoms in total. The Hall–Kier alpha value is -2.98. The highest BCUT2D eigenvalue weighted by Gasteiger charge is 2.11. The SMILES string of the molecule is COc1ccsc1-c1cccc(-c2cccc(-c3ccccc3C)n2)n1. The summed E-state index contributed by atoms with van der Waals surface area (Å²) in [6.07, 6.45) is 0. The molecule has 0 saturated heterocycles. The average Bonchev–Trinajstić information content (AvgIpc) is 3.17. The highest BCUT2D eigenvalue weighted by Crippen LogP contribution is 2.35. The lowest BCUT2D eigenvalue weighted by molar-refractivity contribution is 0.418. The normalized spacial score (nSPS) is 10.7. The Morgan fingerprint density at radius 1 is 0.731 bits per heavy atom. The molecule has 0 aliphatic carbocycles. The topological polar surface area (TPSA) is 35.0 Å². The Morgan fingerprint density at radius 2 is 1.38 bits per heavy atom. The van der Waals surface area contributed by atoms with Gasteiger partial charge in [0.1, 0.15) is 5.75 Å². The smallest absolute Gasteiger partial charge is 0.139 e. The first kappa shape index (κ1) is 16.5. The highest BCUT2D eigenvalue weighted by molar-refractivity contribution is 7.14. The third-order valence-corrected chi connectivity index (χ3v) is 5.18. The summed E-state index contributed by atoms with van der Waals surface area (Å²) in [6, 6.07) is 22.3. The number of aromatic nitrogens is 2. The van der Waals surface area contributed by atoms with E-state index in [4.69, 9.17) is 14.7 Å². The fraction of sp³-hybridized carbons (Fsp3) is 0.0909. The van der Waals surface area contributed by atoms with E-state index in [2.05, 4.69) is 19.1 Å². The summed E-state index contributed by atoms with van der Waals surface area (Å²) in [6.45, 7) is 2.10. The van der Waals surface area contributed by atoms with Gasteiger partial charge in [-0.2, -0.15) is 0 Å². The number of pyridine rings is 2. The van der Waals surface area contributed by atoms with Crippen molar-refractivity contribution in [2.24, 2.45) is 0 Å². The summed E-state index contributed by atoms with van der Waals surface area (Å²) in [5.74, 6) is 0.848. The predicted octanol–water partition coefficient (Wildman–Crippen LogP) is 5.86. The van der Waals surface area contributed by atoms with E-state index in [1.807, 2.05) is 60.0 Å². The van der Waals surface area contributed by atoms with Crippen molar-refractivity contribution in [1.82, 2.24) is 9.97 Å². The first-order chi connectivity index (χ1) is 12.8. The minimum absolute atomic E-state index is 0.848. The molecule has 4 rings (SSSR count). The lowest BCUT2D eigenvalue weighted by atomic mass is 10.0. The van der Waals surface area contributed by atoms with Gasteiger partial charge in [0.25, 0.3) is 0 Å². The largest absolute Gasteiger partial charge is 0.495 e. The molecule has 4 aromatic rings. The molecule has 3 heterocycles. The second-order valence-electron chi connectivity index (χ2n) is 5.95. The van der Waals surface area contributed by atoms with E-state index in [0.29, 0.717) is 0 Å². The van der Waals surface area contributed by atoms with Gasteiger partial charge in [-0.25, -0.2) is 9.97 Å². The molecule has 1 aromatic carbocycles. The van der Waals surface area contributed by atoms with Crippen molar-refractivity contribution in [3.05, 3.63) is 77.7 Å². The van der Waals surface area contributed by atoms with Crippen molar-refractivity contribution in [3.8, 4) is 39.0 Å². The van der Waals surface area contributed by atoms with E-state index in [-0.39, 0.29) is 0 Å². The zero-order valence-corrected chi connectivity index (χ0v) is 15.5. The zero-order chi connectivity index (χ0) is 17.9. The van der Waals surface area contributed by atoms with Gasteiger partial charge in [0, 0.05) is 5.56 Å². The highest BCUT2D eigenvalue weighted by atomic mass is 32.1. The maximum absolute atomic E-state index is 5.43. The van der Waals surface area contributed by atoms with Crippen LogP contribution >= 0.6 is 11.3 Å². The van der Waals surface area contributed by atoms with Crippen molar-refractivity contribution in [1.29, 1.82) is 0 Å². The van der Waals surface area contributed by atoms with E-state index < -0.39 is 0 Å². The molecule has 4 heteroatoms. The minimum Gasteiger partial charge on any atom is -0.495 e. The number of aryl methyl sites for hydroxylation is 1. The summed E-state index contributed by atoms with van der Waals surface area (Å²) < 4.78 is 5.43. The van der Waals surface area contributed by atoms with Crippen molar-refractivity contribution >= 4 is 11.3 Å². The quantitative estimate of drug-likeness (QED) is 0.458. The Balaban J connectivity index is 1.76. The number of ether oxygens (including phenoxy) is 1. The van der Waals surface area contributed by atoms with Gasteiger partial charge >= 0.3 is 0 Å². The molecule has 0 unspecified atom stereocenters. The van der Waals surface area contributed by atoms with Crippen LogP contribution in [0.2, 0.25) is 0 Å². The maximum atomic E-state index is 5.43. The van der Waals surface area contributed by atoms with Crippen LogP contribution in [0, 0.1) is 6.92 Å². The lowest BCUT2D eigenvalue weighted by Gasteiger charge is -2.08. The van der Waals surface area contributed by atoms with Gasteiger partial charge in [-0.1, -0.05) is 36.4 Å². The fourth-order valence-electron chi connectivity index (χ4n) is 2.94. The molecule has 0 saturated carbocycles. The van der Waals surface area contributed by atoms with E-state index in [9.17, 15) is 0 Å². The van der Waals surface area contributed by atoms with Gasteiger partial charge in [-0.15, -0.1) is 11.3 Å². The molecular weight excluding hydrogens is 340 g/mol. The molecule has 0 atom stereocenters. The molecule has 0 amide bonds. The standard InChI is InChI=1S/C22H18N2OS/c1-15-7-3-4-8-16(15)17-9-5-10-18(23-17)19-11-6-12-20(24-19)22-21(25-2)13-14-26-22/h3-14H,1-2H3. The molecule has 0 radical (unpaired) electrons. The van der Waals surface area contributed by atoms with E-state index in [0.717, 1.165) is 39.0 Å². The average molecular weight is 358 g/mol. The van der Waals surface area contributed by atoms with Gasteiger partial charge in [0.15, 0.2) is 0 Å². The van der Waals surface area contributed by atoms with E-state index >= 15 is 0 Å². The second kappa shape index (κ2) is 7.10. The first-order valence-corrected chi connectivity index (χ1v) is 9.26. The maximum Gasteiger partial charge on any atom is 0.139 e. The predicted molar refractivity (Wildman–Crippen MR) is 108 cm³/mol. The van der Waals surface area contributed by atoms with Crippen LogP contribution in [0.25, 0.3) is 33.2 Å². The summed E-state index contributed by atoms with van der Waals surface area (Å²) in [5.41, 5.74) is 5.93. The van der Waals surface area contributed by atoms with Crippen molar-refractivity contribution in [3.63, 3.8) is 0 Å². The minimum atomic E-state index is 0.848. The van der Waals surface area contributed by atoms with Gasteiger partial charge in [0.05, 0.1) is 34.8 Å². The van der Waals surface area contributed by atoms with Crippen LogP contribution in [-0.2, 0) is 0 Å². The molecule has 26 heavy (non-hydrogen) atoms. The van der Waals surface area contributed by atoms with Gasteiger partial charge < -0.3 is 4.74 Å². The van der Waals surface area contributed by atoms with Gasteiger partial charge in [-0.3, -0.25) is 0 Å². The van der Waals surface area contributed by atoms with E-state index in [1.165, 1.54) is 5.56 Å². The molecule has 128 valence electrons. The van der Waals surface area contributed by atoms with Crippen LogP contribution in [0.3, 0.4) is 0 Å². The Bertz CT molecular complexity index is 1060. The zero-order valence-electron chi connectivity index (χ0n) is 14.6. The third-order valence-electron chi connectivity index (χ3n) is 4.26. The van der Waals surface area contributed by atoms with E-state index in [1.54, 1.807) is 18.4 Å². The summed E-state index contributed by atoms with van der Waals surface area (Å²) in [4.78, 5) is 10.7. The van der Waals surface area contributed by atoms with Crippen LogP contribution in [0.1, 0.15) is 5.56 Å². The molecule has 0 aliphatic rings. The Labute approximate surface area is 157 Å². The van der Waals surface area contributed by atoms with Crippen molar-refractivity contribution in [2.45, 2.75) is 6.92 Å². The van der Waals surface area contributed by atoms with Crippen LogP contribution in [0.4, 0.5) is 0 Å². The van der Waals surface area contributed by atoms with Crippen LogP contribution in [0.5, 0.6) is 5.75 Å². The fourth-order valence-corrected chi connectivity index (χ4v) is 3.77. The molecule has 0 spiro atoms. The Kier molecular flexibility index (Phi) is 4.50. The number of hydrogen-bond acceptors (Lipinski definition) is 4. The lowest BCUT2D eigenvalue weighted by Crippen LogP contribution is -1.93. The number of hydrogen-bond donors (Lipinski definition) is 0. The van der Waals surface area contributed by atoms with Crippen molar-refractivity contribution in [2.75, 3.05) is 7.11 Å². The number of nitrogens with zero attached hydrogens (tertiary/aromatic N) is 2. The van der Waals surface area contributed by atoms with Crippen LogP contribution in [0.15, 0.2) is 72.1 Å². The number of methoxy groups -OCH3 is 1. The molecular formula is C22H18N2OS. The van der Waals surface area contributed by atoms with Crippen LogP contribution in [-0.4, -0.2) is 17.1 Å². The Morgan fingerprint density at radius 3 is 2.12 bits per heavy atom. The van der Waals surface area contributed by atoms with Crippen molar-refractivity contribution < 1.29 is 4.74 Å².